The van der Waals surface area contributed by atoms with Crippen molar-refractivity contribution < 1.29 is 14.2 Å². The second-order valence-electron chi connectivity index (χ2n) is 5.59. The van der Waals surface area contributed by atoms with Crippen molar-refractivity contribution in [3.05, 3.63) is 23.8 Å². The Morgan fingerprint density at radius 3 is 2.53 bits per heavy atom. The lowest BCUT2D eigenvalue weighted by Crippen LogP contribution is -2.38. The maximum Gasteiger partial charge on any atom is 0.161 e. The number of hydrogen-bond acceptors (Lipinski definition) is 4. The van der Waals surface area contributed by atoms with Gasteiger partial charge in [0.05, 0.1) is 20.3 Å². The topological polar surface area (TPSA) is 53.7 Å². The van der Waals surface area contributed by atoms with Crippen LogP contribution in [0.3, 0.4) is 0 Å². The van der Waals surface area contributed by atoms with Crippen molar-refractivity contribution in [2.75, 3.05) is 20.3 Å². The van der Waals surface area contributed by atoms with Crippen LogP contribution in [0, 0.1) is 0 Å². The van der Waals surface area contributed by atoms with Gasteiger partial charge in [-0.3, -0.25) is 0 Å². The number of benzene rings is 1. The Labute approximate surface area is 113 Å². The van der Waals surface area contributed by atoms with Gasteiger partial charge in [-0.05, 0) is 37.5 Å². The fourth-order valence-corrected chi connectivity index (χ4v) is 2.68. The van der Waals surface area contributed by atoms with Gasteiger partial charge in [0.15, 0.2) is 11.5 Å². The standard InChI is InChI=1S/C15H21NO3/c1-10(16)15(5-6-15)11-3-4-13(14(7-11)17-2)19-12-8-18-9-12/h3-4,7,10,12H,5-6,8-9,16H2,1-2H3. The van der Waals surface area contributed by atoms with Crippen LogP contribution in [0.4, 0.5) is 0 Å². The Morgan fingerprint density at radius 1 is 1.32 bits per heavy atom. The maximum atomic E-state index is 6.12. The van der Waals surface area contributed by atoms with Gasteiger partial charge >= 0.3 is 0 Å². The third-order valence-electron chi connectivity index (χ3n) is 4.30. The average molecular weight is 263 g/mol. The summed E-state index contributed by atoms with van der Waals surface area (Å²) in [5.41, 5.74) is 7.52. The minimum Gasteiger partial charge on any atom is -0.493 e. The van der Waals surface area contributed by atoms with Crippen LogP contribution in [0.1, 0.15) is 25.3 Å². The molecular formula is C15H21NO3. The summed E-state index contributed by atoms with van der Waals surface area (Å²) in [6.07, 6.45) is 2.47. The van der Waals surface area contributed by atoms with Crippen molar-refractivity contribution in [2.45, 2.75) is 37.3 Å². The zero-order valence-corrected chi connectivity index (χ0v) is 11.5. The summed E-state index contributed by atoms with van der Waals surface area (Å²) in [6, 6.07) is 6.36. The molecule has 1 aromatic carbocycles. The van der Waals surface area contributed by atoms with Crippen molar-refractivity contribution >= 4 is 0 Å². The molecule has 4 heteroatoms. The summed E-state index contributed by atoms with van der Waals surface area (Å²) < 4.78 is 16.4. The van der Waals surface area contributed by atoms with Crippen molar-refractivity contribution in [3.8, 4) is 11.5 Å². The van der Waals surface area contributed by atoms with Crippen LogP contribution in [0.25, 0.3) is 0 Å². The van der Waals surface area contributed by atoms with Gasteiger partial charge in [0.25, 0.3) is 0 Å². The summed E-state index contributed by atoms with van der Waals surface area (Å²) in [4.78, 5) is 0. The zero-order chi connectivity index (χ0) is 13.5. The van der Waals surface area contributed by atoms with E-state index in [1.165, 1.54) is 5.56 Å². The highest BCUT2D eigenvalue weighted by molar-refractivity contribution is 5.47. The van der Waals surface area contributed by atoms with Crippen LogP contribution in [0.5, 0.6) is 11.5 Å². The molecule has 4 nitrogen and oxygen atoms in total. The monoisotopic (exact) mass is 263 g/mol. The molecule has 0 amide bonds. The van der Waals surface area contributed by atoms with E-state index in [1.807, 2.05) is 6.07 Å². The van der Waals surface area contributed by atoms with Crippen LogP contribution >= 0.6 is 0 Å². The molecule has 2 N–H and O–H groups in total. The lowest BCUT2D eigenvalue weighted by Gasteiger charge is -2.28. The Hall–Kier alpha value is -1.26. The van der Waals surface area contributed by atoms with Crippen molar-refractivity contribution in [1.29, 1.82) is 0 Å². The molecule has 1 saturated heterocycles. The van der Waals surface area contributed by atoms with Gasteiger partial charge in [-0.2, -0.15) is 0 Å². The largest absolute Gasteiger partial charge is 0.493 e. The summed E-state index contributed by atoms with van der Waals surface area (Å²) in [5, 5.41) is 0. The molecule has 1 aliphatic carbocycles. The van der Waals surface area contributed by atoms with E-state index in [0.29, 0.717) is 13.2 Å². The first-order chi connectivity index (χ1) is 9.15. The quantitative estimate of drug-likeness (QED) is 0.881. The SMILES string of the molecule is COc1cc(C2(C(C)N)CC2)ccc1OC1COC1. The van der Waals surface area contributed by atoms with Crippen LogP contribution in [0.2, 0.25) is 0 Å². The number of rotatable bonds is 5. The second kappa shape index (κ2) is 4.69. The van der Waals surface area contributed by atoms with E-state index in [1.54, 1.807) is 7.11 Å². The number of nitrogens with two attached hydrogens (primary N) is 1. The van der Waals surface area contributed by atoms with E-state index in [-0.39, 0.29) is 17.6 Å². The summed E-state index contributed by atoms with van der Waals surface area (Å²) in [7, 11) is 1.68. The Morgan fingerprint density at radius 2 is 2.05 bits per heavy atom. The molecule has 0 aromatic heterocycles. The highest BCUT2D eigenvalue weighted by Crippen LogP contribution is 2.51. The molecule has 1 aliphatic heterocycles. The maximum absolute atomic E-state index is 6.12. The van der Waals surface area contributed by atoms with E-state index < -0.39 is 0 Å². The molecule has 2 fully saturated rings. The van der Waals surface area contributed by atoms with Gasteiger partial charge in [-0.25, -0.2) is 0 Å². The van der Waals surface area contributed by atoms with E-state index in [2.05, 4.69) is 19.1 Å². The molecule has 2 aliphatic rings. The van der Waals surface area contributed by atoms with Crippen LogP contribution in [-0.2, 0) is 10.2 Å². The highest BCUT2D eigenvalue weighted by atomic mass is 16.6. The van der Waals surface area contributed by atoms with Crippen molar-refractivity contribution in [2.24, 2.45) is 5.73 Å². The Balaban J connectivity index is 1.84. The van der Waals surface area contributed by atoms with E-state index in [9.17, 15) is 0 Å². The first kappa shape index (κ1) is 12.8. The van der Waals surface area contributed by atoms with Gasteiger partial charge < -0.3 is 19.9 Å². The summed E-state index contributed by atoms with van der Waals surface area (Å²) in [6.45, 7) is 3.40. The van der Waals surface area contributed by atoms with Crippen molar-refractivity contribution in [3.63, 3.8) is 0 Å². The minimum absolute atomic E-state index is 0.144. The molecular weight excluding hydrogens is 242 g/mol. The van der Waals surface area contributed by atoms with Gasteiger partial charge in [0.2, 0.25) is 0 Å². The molecule has 1 unspecified atom stereocenters. The highest BCUT2D eigenvalue weighted by Gasteiger charge is 2.47. The molecule has 0 spiro atoms. The molecule has 3 rings (SSSR count). The predicted molar refractivity (Wildman–Crippen MR) is 72.8 cm³/mol. The van der Waals surface area contributed by atoms with Gasteiger partial charge in [-0.15, -0.1) is 0 Å². The Bertz CT molecular complexity index is 464. The number of ether oxygens (including phenoxy) is 3. The van der Waals surface area contributed by atoms with Crippen LogP contribution in [-0.4, -0.2) is 32.5 Å². The van der Waals surface area contributed by atoms with Crippen LogP contribution in [0.15, 0.2) is 18.2 Å². The van der Waals surface area contributed by atoms with E-state index in [0.717, 1.165) is 24.3 Å². The molecule has 1 aromatic rings. The molecule has 1 atom stereocenters. The van der Waals surface area contributed by atoms with Gasteiger partial charge in [0, 0.05) is 11.5 Å². The first-order valence-corrected chi connectivity index (χ1v) is 6.84. The first-order valence-electron chi connectivity index (χ1n) is 6.84. The molecule has 0 bridgehead atoms. The Kier molecular flexibility index (Phi) is 3.15. The number of methoxy groups -OCH3 is 1. The normalized spacial score (nSPS) is 22.5. The van der Waals surface area contributed by atoms with Gasteiger partial charge in [0.1, 0.15) is 6.10 Å². The molecule has 0 radical (unpaired) electrons. The third kappa shape index (κ3) is 2.19. The molecule has 1 heterocycles. The smallest absolute Gasteiger partial charge is 0.161 e. The van der Waals surface area contributed by atoms with E-state index in [4.69, 9.17) is 19.9 Å². The third-order valence-corrected chi connectivity index (χ3v) is 4.30. The fourth-order valence-electron chi connectivity index (χ4n) is 2.68. The molecule has 1 saturated carbocycles. The van der Waals surface area contributed by atoms with Crippen LogP contribution < -0.4 is 15.2 Å². The van der Waals surface area contributed by atoms with Gasteiger partial charge in [-0.1, -0.05) is 6.07 Å². The lowest BCUT2D eigenvalue weighted by molar-refractivity contribution is -0.0803. The average Bonchev–Trinajstić information content (AvgIpc) is 3.15. The predicted octanol–water partition coefficient (Wildman–Crippen LogP) is 1.85. The zero-order valence-electron chi connectivity index (χ0n) is 11.5. The molecule has 104 valence electrons. The number of hydrogen-bond donors (Lipinski definition) is 1. The minimum atomic E-state index is 0.144. The second-order valence-corrected chi connectivity index (χ2v) is 5.59. The van der Waals surface area contributed by atoms with E-state index >= 15 is 0 Å². The summed E-state index contributed by atoms with van der Waals surface area (Å²) >= 11 is 0. The molecule has 19 heavy (non-hydrogen) atoms. The lowest BCUT2D eigenvalue weighted by atomic mass is 9.89. The fraction of sp³-hybridized carbons (Fsp3) is 0.600. The summed E-state index contributed by atoms with van der Waals surface area (Å²) in [5.74, 6) is 1.58. The van der Waals surface area contributed by atoms with Crippen molar-refractivity contribution in [1.82, 2.24) is 0 Å².